The lowest BCUT2D eigenvalue weighted by molar-refractivity contribution is 0.0870. The van der Waals surface area contributed by atoms with Gasteiger partial charge in [-0.05, 0) is 18.6 Å². The molecule has 1 aliphatic rings. The first-order valence-corrected chi connectivity index (χ1v) is 7.31. The molecule has 0 radical (unpaired) electrons. The second-order valence-electron chi connectivity index (χ2n) is 5.27. The number of hydrogen-bond acceptors (Lipinski definition) is 5. The zero-order valence-corrected chi connectivity index (χ0v) is 12.7. The highest BCUT2D eigenvalue weighted by molar-refractivity contribution is 6.01. The topological polar surface area (TPSA) is 88.5 Å². The fraction of sp³-hybridized carbons (Fsp3) is 0.250. The predicted octanol–water partition coefficient (Wildman–Crippen LogP) is 2.10. The van der Waals surface area contributed by atoms with E-state index in [9.17, 15) is 4.79 Å². The molecule has 7 nitrogen and oxygen atoms in total. The lowest BCUT2D eigenvalue weighted by atomic mass is 10.0. The van der Waals surface area contributed by atoms with Gasteiger partial charge in [0.1, 0.15) is 12.1 Å². The molecule has 1 atom stereocenters. The van der Waals surface area contributed by atoms with Gasteiger partial charge in [-0.2, -0.15) is 0 Å². The lowest BCUT2D eigenvalue weighted by Gasteiger charge is -2.10. The Kier molecular flexibility index (Phi) is 4.46. The smallest absolute Gasteiger partial charge is 0.320 e. The third-order valence-electron chi connectivity index (χ3n) is 3.43. The van der Waals surface area contributed by atoms with Gasteiger partial charge in [-0.1, -0.05) is 35.0 Å². The first-order chi connectivity index (χ1) is 11.2. The Morgan fingerprint density at radius 3 is 2.87 bits per heavy atom. The van der Waals surface area contributed by atoms with Gasteiger partial charge in [0.2, 0.25) is 0 Å². The molecule has 2 aromatic rings. The Balaban J connectivity index is 1.46. The maximum absolute atomic E-state index is 11.8. The third-order valence-corrected chi connectivity index (χ3v) is 3.43. The maximum atomic E-state index is 11.8. The lowest BCUT2D eigenvalue weighted by Crippen LogP contribution is -2.35. The number of hydrogen-bond donors (Lipinski definition) is 2. The maximum Gasteiger partial charge on any atom is 0.320 e. The van der Waals surface area contributed by atoms with E-state index in [0.29, 0.717) is 18.8 Å². The standard InChI is InChI=1S/C16H17N5O2/c1-11-2-4-12(5-3-11)14-8-13(23-21-14)9-18-16(22)20-15-6-7-17-10-19-15/h2-7,10,13H,8-9H2,1H3,(H2,17,18,19,20,22)/t13-/m0/s1. The summed E-state index contributed by atoms with van der Waals surface area (Å²) in [5.41, 5.74) is 3.14. The molecule has 2 N–H and O–H groups in total. The van der Waals surface area contributed by atoms with Crippen LogP contribution in [0.25, 0.3) is 0 Å². The number of carbonyl (C=O) groups excluding carboxylic acids is 1. The molecule has 1 aromatic heterocycles. The van der Waals surface area contributed by atoms with Crippen LogP contribution in [0.3, 0.4) is 0 Å². The number of aromatic nitrogens is 2. The van der Waals surface area contributed by atoms with Gasteiger partial charge < -0.3 is 10.2 Å². The minimum Gasteiger partial charge on any atom is -0.390 e. The first-order valence-electron chi connectivity index (χ1n) is 7.31. The predicted molar refractivity (Wildman–Crippen MR) is 86.3 cm³/mol. The molecule has 3 rings (SSSR count). The molecule has 2 amide bonds. The second-order valence-corrected chi connectivity index (χ2v) is 5.27. The van der Waals surface area contributed by atoms with E-state index >= 15 is 0 Å². The summed E-state index contributed by atoms with van der Waals surface area (Å²) in [6.07, 6.45) is 3.43. The highest BCUT2D eigenvalue weighted by Crippen LogP contribution is 2.16. The van der Waals surface area contributed by atoms with Crippen LogP contribution in [0.4, 0.5) is 10.6 Å². The fourth-order valence-electron chi connectivity index (χ4n) is 2.19. The average molecular weight is 311 g/mol. The summed E-state index contributed by atoms with van der Waals surface area (Å²) >= 11 is 0. The minimum absolute atomic E-state index is 0.164. The van der Waals surface area contributed by atoms with E-state index in [2.05, 4.69) is 25.8 Å². The Morgan fingerprint density at radius 2 is 2.13 bits per heavy atom. The van der Waals surface area contributed by atoms with Crippen molar-refractivity contribution in [3.8, 4) is 0 Å². The molecule has 1 aromatic carbocycles. The number of rotatable bonds is 4. The minimum atomic E-state index is -0.337. The molecular formula is C16H17N5O2. The molecule has 2 heterocycles. The molecule has 0 fully saturated rings. The normalized spacial score (nSPS) is 16.4. The van der Waals surface area contributed by atoms with Gasteiger partial charge in [0.15, 0.2) is 6.10 Å². The molecule has 0 saturated heterocycles. The van der Waals surface area contributed by atoms with E-state index in [0.717, 1.165) is 11.3 Å². The summed E-state index contributed by atoms with van der Waals surface area (Å²) in [6.45, 7) is 2.41. The molecular weight excluding hydrogens is 294 g/mol. The van der Waals surface area contributed by atoms with Gasteiger partial charge in [0, 0.05) is 12.6 Å². The number of anilines is 1. The van der Waals surface area contributed by atoms with Crippen molar-refractivity contribution in [1.29, 1.82) is 0 Å². The van der Waals surface area contributed by atoms with Crippen molar-refractivity contribution < 1.29 is 9.63 Å². The van der Waals surface area contributed by atoms with Gasteiger partial charge >= 0.3 is 6.03 Å². The van der Waals surface area contributed by atoms with Gasteiger partial charge in [-0.25, -0.2) is 14.8 Å². The fourth-order valence-corrected chi connectivity index (χ4v) is 2.19. The monoisotopic (exact) mass is 311 g/mol. The van der Waals surface area contributed by atoms with Crippen molar-refractivity contribution in [1.82, 2.24) is 15.3 Å². The molecule has 0 saturated carbocycles. The molecule has 118 valence electrons. The molecule has 0 spiro atoms. The number of aryl methyl sites for hydroxylation is 1. The molecule has 7 heteroatoms. The second kappa shape index (κ2) is 6.87. The van der Waals surface area contributed by atoms with E-state index in [4.69, 9.17) is 4.84 Å². The van der Waals surface area contributed by atoms with Gasteiger partial charge in [-0.15, -0.1) is 0 Å². The summed E-state index contributed by atoms with van der Waals surface area (Å²) in [5.74, 6) is 0.446. The van der Waals surface area contributed by atoms with Gasteiger partial charge in [-0.3, -0.25) is 5.32 Å². The number of benzene rings is 1. The van der Waals surface area contributed by atoms with Crippen LogP contribution in [-0.2, 0) is 4.84 Å². The van der Waals surface area contributed by atoms with Gasteiger partial charge in [0.05, 0.1) is 12.3 Å². The van der Waals surface area contributed by atoms with Crippen LogP contribution < -0.4 is 10.6 Å². The van der Waals surface area contributed by atoms with E-state index in [1.54, 1.807) is 12.3 Å². The highest BCUT2D eigenvalue weighted by Gasteiger charge is 2.22. The SMILES string of the molecule is Cc1ccc(C2=NO[C@H](CNC(=O)Nc3ccncn3)C2)cc1. The Morgan fingerprint density at radius 1 is 1.30 bits per heavy atom. The number of amides is 2. The highest BCUT2D eigenvalue weighted by atomic mass is 16.6. The zero-order valence-electron chi connectivity index (χ0n) is 12.7. The number of oxime groups is 1. The van der Waals surface area contributed by atoms with E-state index < -0.39 is 0 Å². The molecule has 0 aliphatic carbocycles. The number of carbonyl (C=O) groups is 1. The summed E-state index contributed by atoms with van der Waals surface area (Å²) < 4.78 is 0. The number of nitrogens with one attached hydrogen (secondary N) is 2. The van der Waals surface area contributed by atoms with Crippen LogP contribution in [0.15, 0.2) is 48.0 Å². The van der Waals surface area contributed by atoms with Crippen molar-refractivity contribution >= 4 is 17.6 Å². The molecule has 23 heavy (non-hydrogen) atoms. The first kappa shape index (κ1) is 15.0. The Bertz CT molecular complexity index is 700. The van der Waals surface area contributed by atoms with Crippen molar-refractivity contribution in [2.24, 2.45) is 5.16 Å². The van der Waals surface area contributed by atoms with Crippen LogP contribution in [0.5, 0.6) is 0 Å². The van der Waals surface area contributed by atoms with Crippen LogP contribution in [0.2, 0.25) is 0 Å². The molecule has 1 aliphatic heterocycles. The average Bonchev–Trinajstić information content (AvgIpc) is 3.04. The zero-order chi connectivity index (χ0) is 16.1. The van der Waals surface area contributed by atoms with Gasteiger partial charge in [0.25, 0.3) is 0 Å². The summed E-state index contributed by atoms with van der Waals surface area (Å²) in [5, 5.41) is 9.47. The van der Waals surface area contributed by atoms with E-state index in [1.165, 1.54) is 11.9 Å². The van der Waals surface area contributed by atoms with E-state index in [1.807, 2.05) is 31.2 Å². The van der Waals surface area contributed by atoms with Crippen molar-refractivity contribution in [2.75, 3.05) is 11.9 Å². The quantitative estimate of drug-likeness (QED) is 0.905. The Labute approximate surface area is 133 Å². The van der Waals surface area contributed by atoms with Crippen LogP contribution in [0.1, 0.15) is 17.5 Å². The number of nitrogens with zero attached hydrogens (tertiary/aromatic N) is 3. The van der Waals surface area contributed by atoms with Crippen molar-refractivity contribution in [3.63, 3.8) is 0 Å². The molecule has 0 unspecified atom stereocenters. The van der Waals surface area contributed by atoms with Crippen LogP contribution in [-0.4, -0.2) is 34.4 Å². The largest absolute Gasteiger partial charge is 0.390 e. The van der Waals surface area contributed by atoms with Crippen molar-refractivity contribution in [3.05, 3.63) is 54.0 Å². The van der Waals surface area contributed by atoms with Crippen molar-refractivity contribution in [2.45, 2.75) is 19.4 Å². The molecule has 0 bridgehead atoms. The van der Waals surface area contributed by atoms with E-state index in [-0.39, 0.29) is 12.1 Å². The summed E-state index contributed by atoms with van der Waals surface area (Å²) in [4.78, 5) is 24.9. The third kappa shape index (κ3) is 4.03. The summed E-state index contributed by atoms with van der Waals surface area (Å²) in [7, 11) is 0. The summed E-state index contributed by atoms with van der Waals surface area (Å²) in [6, 6.07) is 9.40. The van der Waals surface area contributed by atoms with Crippen LogP contribution >= 0.6 is 0 Å². The van der Waals surface area contributed by atoms with Crippen LogP contribution in [0, 0.1) is 6.92 Å². The number of urea groups is 1. The Hall–Kier alpha value is -2.96.